The number of nitrogens with zero attached hydrogens (tertiary/aromatic N) is 3. The standard InChI is InChI=1S/C22H26F3N3OS.C9H11N/c23-22(24,25)17-6-7-21-19(16-17)28(18-4-1-2-5-20(18)30-21)9-3-8-26-10-12-27(13-11-26)14-15-29;10-9-6-8(9)7-4-2-1-3-5-7/h1-2,4-7,16,29H,3,8-15H2;1-5,8-9H,6,10H2/t;8-,9+/m.0/s1. The van der Waals surface area contributed by atoms with Crippen LogP contribution in [0.2, 0.25) is 0 Å². The molecule has 40 heavy (non-hydrogen) atoms. The Morgan fingerprint density at radius 3 is 2.08 bits per heavy atom. The van der Waals surface area contributed by atoms with E-state index in [-0.39, 0.29) is 6.61 Å². The molecule has 0 bridgehead atoms. The number of fused-ring (bicyclic) bond motifs is 2. The third-order valence-electron chi connectivity index (χ3n) is 7.76. The number of halogens is 3. The number of anilines is 2. The normalized spacial score (nSPS) is 20.8. The van der Waals surface area contributed by atoms with Gasteiger partial charge in [0.05, 0.1) is 23.5 Å². The van der Waals surface area contributed by atoms with Crippen LogP contribution in [0.25, 0.3) is 0 Å². The Bertz CT molecular complexity index is 1250. The molecular weight excluding hydrogens is 533 g/mol. The van der Waals surface area contributed by atoms with E-state index < -0.39 is 11.7 Å². The zero-order valence-corrected chi connectivity index (χ0v) is 23.4. The fraction of sp³-hybridized carbons (Fsp3) is 0.419. The summed E-state index contributed by atoms with van der Waals surface area (Å²) in [7, 11) is 0. The largest absolute Gasteiger partial charge is 0.416 e. The van der Waals surface area contributed by atoms with Gasteiger partial charge in [-0.1, -0.05) is 54.2 Å². The van der Waals surface area contributed by atoms with Crippen molar-refractivity contribution >= 4 is 23.1 Å². The number of β-amino-alcohol motifs (C(OH)–C–C–N with tert-alkyl or cyclic N) is 1. The summed E-state index contributed by atoms with van der Waals surface area (Å²) >= 11 is 1.53. The van der Waals surface area contributed by atoms with Gasteiger partial charge in [-0.25, -0.2) is 0 Å². The highest BCUT2D eigenvalue weighted by atomic mass is 32.2. The van der Waals surface area contributed by atoms with E-state index in [0.29, 0.717) is 30.7 Å². The Balaban J connectivity index is 0.000000269. The molecule has 1 aliphatic carbocycles. The second-order valence-corrected chi connectivity index (χ2v) is 11.7. The van der Waals surface area contributed by atoms with Crippen molar-refractivity contribution in [2.24, 2.45) is 5.73 Å². The van der Waals surface area contributed by atoms with Crippen LogP contribution < -0.4 is 10.6 Å². The Morgan fingerprint density at radius 1 is 0.800 bits per heavy atom. The van der Waals surface area contributed by atoms with E-state index in [4.69, 9.17) is 10.8 Å². The van der Waals surface area contributed by atoms with E-state index in [1.165, 1.54) is 35.9 Å². The SMILES string of the molecule is N[C@@H]1C[C@H]1c1ccccc1.OCCN1CCN(CCCN2c3ccccc3Sc3ccc(C(F)(F)F)cc32)CC1. The van der Waals surface area contributed by atoms with Gasteiger partial charge in [-0.3, -0.25) is 4.90 Å². The molecule has 0 radical (unpaired) electrons. The summed E-state index contributed by atoms with van der Waals surface area (Å²) in [6, 6.07) is 22.9. The second kappa shape index (κ2) is 13.0. The highest BCUT2D eigenvalue weighted by Gasteiger charge is 2.34. The van der Waals surface area contributed by atoms with E-state index in [9.17, 15) is 13.2 Å². The number of hydrogen-bond donors (Lipinski definition) is 2. The molecule has 3 N–H and O–H groups in total. The van der Waals surface area contributed by atoms with Crippen LogP contribution in [0.1, 0.15) is 29.9 Å². The van der Waals surface area contributed by atoms with E-state index in [1.807, 2.05) is 35.2 Å². The van der Waals surface area contributed by atoms with Gasteiger partial charge in [0.1, 0.15) is 0 Å². The van der Waals surface area contributed by atoms with Crippen molar-refractivity contribution in [2.75, 3.05) is 57.3 Å². The molecule has 2 heterocycles. The van der Waals surface area contributed by atoms with Crippen molar-refractivity contribution in [3.63, 3.8) is 0 Å². The lowest BCUT2D eigenvalue weighted by molar-refractivity contribution is -0.137. The minimum Gasteiger partial charge on any atom is -0.395 e. The fourth-order valence-corrected chi connectivity index (χ4v) is 6.45. The number of piperazine rings is 1. The number of hydrogen-bond acceptors (Lipinski definition) is 6. The Hall–Kier alpha value is -2.56. The Kier molecular flexibility index (Phi) is 9.38. The van der Waals surface area contributed by atoms with Gasteiger partial charge in [0.2, 0.25) is 0 Å². The van der Waals surface area contributed by atoms with Crippen molar-refractivity contribution in [1.82, 2.24) is 9.80 Å². The minimum atomic E-state index is -4.35. The van der Waals surface area contributed by atoms with Crippen LogP contribution >= 0.6 is 11.8 Å². The van der Waals surface area contributed by atoms with Gasteiger partial charge in [-0.2, -0.15) is 13.2 Å². The maximum atomic E-state index is 13.3. The molecule has 9 heteroatoms. The maximum absolute atomic E-state index is 13.3. The van der Waals surface area contributed by atoms with Crippen LogP contribution in [0.4, 0.5) is 24.5 Å². The molecule has 3 aromatic carbocycles. The highest BCUT2D eigenvalue weighted by molar-refractivity contribution is 7.99. The summed E-state index contributed by atoms with van der Waals surface area (Å²) in [4.78, 5) is 8.62. The molecule has 2 aliphatic heterocycles. The van der Waals surface area contributed by atoms with Gasteiger partial charge < -0.3 is 20.6 Å². The molecule has 2 atom stereocenters. The Labute approximate surface area is 238 Å². The summed E-state index contributed by atoms with van der Waals surface area (Å²) in [5.41, 5.74) is 8.11. The fourth-order valence-electron chi connectivity index (χ4n) is 5.38. The summed E-state index contributed by atoms with van der Waals surface area (Å²) in [6.45, 7) is 6.29. The smallest absolute Gasteiger partial charge is 0.395 e. The van der Waals surface area contributed by atoms with Crippen LogP contribution in [-0.2, 0) is 6.18 Å². The van der Waals surface area contributed by atoms with E-state index in [2.05, 4.69) is 34.1 Å². The van der Waals surface area contributed by atoms with E-state index >= 15 is 0 Å². The van der Waals surface area contributed by atoms with E-state index in [1.54, 1.807) is 6.07 Å². The summed E-state index contributed by atoms with van der Waals surface area (Å²) in [5, 5.41) is 9.07. The number of benzene rings is 3. The lowest BCUT2D eigenvalue weighted by Crippen LogP contribution is -2.47. The molecule has 1 saturated heterocycles. The van der Waals surface area contributed by atoms with Crippen molar-refractivity contribution < 1.29 is 18.3 Å². The van der Waals surface area contributed by atoms with E-state index in [0.717, 1.165) is 54.6 Å². The monoisotopic (exact) mass is 570 g/mol. The van der Waals surface area contributed by atoms with Crippen LogP contribution in [-0.4, -0.2) is 73.4 Å². The third-order valence-corrected chi connectivity index (χ3v) is 8.89. The van der Waals surface area contributed by atoms with Gasteiger partial charge >= 0.3 is 6.18 Å². The molecule has 1 saturated carbocycles. The molecule has 0 unspecified atom stereocenters. The topological polar surface area (TPSA) is 56.0 Å². The van der Waals surface area contributed by atoms with Gasteiger partial charge in [0.15, 0.2) is 0 Å². The molecule has 2 fully saturated rings. The van der Waals surface area contributed by atoms with Crippen molar-refractivity contribution in [2.45, 2.75) is 40.8 Å². The van der Waals surface area contributed by atoms with Crippen LogP contribution in [0, 0.1) is 0 Å². The zero-order valence-electron chi connectivity index (χ0n) is 22.6. The van der Waals surface area contributed by atoms with Crippen LogP contribution in [0.15, 0.2) is 82.6 Å². The first kappa shape index (κ1) is 29.0. The molecule has 3 aromatic rings. The summed E-state index contributed by atoms with van der Waals surface area (Å²) in [6.07, 6.45) is -2.31. The number of aliphatic hydroxyl groups excluding tert-OH is 1. The molecule has 0 spiro atoms. The average Bonchev–Trinajstić information content (AvgIpc) is 3.70. The van der Waals surface area contributed by atoms with Crippen LogP contribution in [0.5, 0.6) is 0 Å². The first-order valence-corrected chi connectivity index (χ1v) is 14.8. The number of para-hydroxylation sites is 1. The first-order valence-electron chi connectivity index (χ1n) is 14.0. The molecule has 6 rings (SSSR count). The molecule has 0 amide bonds. The second-order valence-electron chi connectivity index (χ2n) is 10.6. The number of aliphatic hydroxyl groups is 1. The first-order chi connectivity index (χ1) is 19.3. The van der Waals surface area contributed by atoms with Gasteiger partial charge in [0, 0.05) is 61.0 Å². The highest BCUT2D eigenvalue weighted by Crippen LogP contribution is 2.49. The molecule has 0 aromatic heterocycles. The number of nitrogens with two attached hydrogens (primary N) is 1. The maximum Gasteiger partial charge on any atom is 0.416 e. The van der Waals surface area contributed by atoms with Crippen molar-refractivity contribution in [3.05, 3.63) is 83.9 Å². The molecule has 214 valence electrons. The summed E-state index contributed by atoms with van der Waals surface area (Å²) < 4.78 is 39.9. The van der Waals surface area contributed by atoms with Crippen LogP contribution in [0.3, 0.4) is 0 Å². The molecule has 5 nitrogen and oxygen atoms in total. The van der Waals surface area contributed by atoms with Crippen molar-refractivity contribution in [3.8, 4) is 0 Å². The zero-order chi connectivity index (χ0) is 28.1. The molecule has 3 aliphatic rings. The third kappa shape index (κ3) is 7.19. The van der Waals surface area contributed by atoms with Crippen molar-refractivity contribution in [1.29, 1.82) is 0 Å². The quantitative estimate of drug-likeness (QED) is 0.374. The molecular formula is C31H37F3N4OS. The predicted molar refractivity (Wildman–Crippen MR) is 155 cm³/mol. The average molecular weight is 571 g/mol. The lowest BCUT2D eigenvalue weighted by atomic mass is 10.1. The van der Waals surface area contributed by atoms with Gasteiger partial charge in [0.25, 0.3) is 0 Å². The lowest BCUT2D eigenvalue weighted by Gasteiger charge is -2.36. The van der Waals surface area contributed by atoms with Gasteiger partial charge in [-0.05, 0) is 55.3 Å². The Morgan fingerprint density at radius 2 is 1.43 bits per heavy atom. The minimum absolute atomic E-state index is 0.186. The number of alkyl halides is 3. The van der Waals surface area contributed by atoms with Gasteiger partial charge in [-0.15, -0.1) is 0 Å². The summed E-state index contributed by atoms with van der Waals surface area (Å²) in [5.74, 6) is 0.654. The number of rotatable bonds is 7. The predicted octanol–water partition coefficient (Wildman–Crippen LogP) is 5.81.